The molecule has 2 aromatic rings. The van der Waals surface area contributed by atoms with E-state index in [1.54, 1.807) is 30.5 Å². The Morgan fingerprint density at radius 3 is 2.11 bits per heavy atom. The van der Waals surface area contributed by atoms with Gasteiger partial charge < -0.3 is 9.12 Å². The van der Waals surface area contributed by atoms with Crippen LogP contribution in [0.5, 0.6) is 0 Å². The zero-order valence-corrected chi connectivity index (χ0v) is 8.80. The SMILES string of the molecule is FB(F)F.N#[N+]c1ccc(-c2cnco2)cc1.[F-]. The van der Waals surface area contributed by atoms with Gasteiger partial charge in [-0.1, -0.05) is 0 Å². The van der Waals surface area contributed by atoms with Crippen LogP contribution in [0.3, 0.4) is 0 Å². The molecule has 18 heavy (non-hydrogen) atoms. The second-order valence-corrected chi connectivity index (χ2v) is 2.76. The molecule has 2 rings (SSSR count). The van der Waals surface area contributed by atoms with Crippen LogP contribution in [-0.2, 0) is 0 Å². The average molecular weight is 259 g/mol. The van der Waals surface area contributed by atoms with Crippen LogP contribution in [0.15, 0.2) is 41.3 Å². The summed E-state index contributed by atoms with van der Waals surface area (Å²) in [5, 5.41) is 8.45. The first-order valence-electron chi connectivity index (χ1n) is 4.39. The van der Waals surface area contributed by atoms with E-state index in [9.17, 15) is 12.9 Å². The topological polar surface area (TPSA) is 54.2 Å². The van der Waals surface area contributed by atoms with Gasteiger partial charge in [-0.3, -0.25) is 12.9 Å². The standard InChI is InChI=1S/C9H6N3O.BF3.FH/c10-12-8-3-1-7(2-4-8)9-5-11-6-13-9;2-1(3)4;/h1-6H;;1H/q+1;;/p-1. The van der Waals surface area contributed by atoms with Crippen LogP contribution < -0.4 is 4.70 Å². The maximum Gasteiger partial charge on any atom is 0.762 e. The van der Waals surface area contributed by atoms with Gasteiger partial charge in [0.25, 0.3) is 0 Å². The van der Waals surface area contributed by atoms with E-state index in [1.165, 1.54) is 6.39 Å². The van der Waals surface area contributed by atoms with Crippen LogP contribution in [0, 0.1) is 5.39 Å². The number of halogens is 4. The third-order valence-electron chi connectivity index (χ3n) is 1.70. The van der Waals surface area contributed by atoms with E-state index in [0.29, 0.717) is 11.4 Å². The second-order valence-electron chi connectivity index (χ2n) is 2.76. The molecule has 0 spiro atoms. The van der Waals surface area contributed by atoms with Crippen molar-refractivity contribution >= 4 is 13.2 Å². The molecule has 9 heteroatoms. The van der Waals surface area contributed by atoms with Gasteiger partial charge in [0.05, 0.1) is 6.20 Å². The Hall–Kier alpha value is -2.37. The third-order valence-corrected chi connectivity index (χ3v) is 1.70. The van der Waals surface area contributed by atoms with Crippen LogP contribution >= 0.6 is 0 Å². The molecule has 0 unspecified atom stereocenters. The molecule has 0 N–H and O–H groups in total. The van der Waals surface area contributed by atoms with E-state index in [1.807, 2.05) is 0 Å². The first-order chi connectivity index (χ1) is 8.13. The quantitative estimate of drug-likeness (QED) is 0.430. The Labute approximate surface area is 99.7 Å². The molecule has 1 aromatic carbocycles. The van der Waals surface area contributed by atoms with Crippen molar-refractivity contribution in [2.24, 2.45) is 0 Å². The summed E-state index contributed by atoms with van der Waals surface area (Å²) < 4.78 is 34.1. The van der Waals surface area contributed by atoms with Gasteiger partial charge in [0.2, 0.25) is 5.39 Å². The van der Waals surface area contributed by atoms with Gasteiger partial charge in [-0.05, 0) is 12.1 Å². The molecular weight excluding hydrogens is 253 g/mol. The predicted octanol–water partition coefficient (Wildman–Crippen LogP) is 0.710. The molecule has 0 aliphatic rings. The second kappa shape index (κ2) is 7.84. The first-order valence-corrected chi connectivity index (χ1v) is 4.39. The van der Waals surface area contributed by atoms with Gasteiger partial charge in [-0.25, -0.2) is 4.98 Å². The lowest BCUT2D eigenvalue weighted by molar-refractivity contribution is -0.00000697. The summed E-state index contributed by atoms with van der Waals surface area (Å²) >= 11 is 0. The van der Waals surface area contributed by atoms with Gasteiger partial charge >= 0.3 is 13.2 Å². The number of oxazole rings is 1. The Bertz CT molecular complexity index is 481. The lowest BCUT2D eigenvalue weighted by Gasteiger charge is -1.90. The summed E-state index contributed by atoms with van der Waals surface area (Å²) in [6.45, 7) is 0. The molecule has 0 saturated carbocycles. The first kappa shape index (κ1) is 15.6. The van der Waals surface area contributed by atoms with E-state index >= 15 is 0 Å². The fraction of sp³-hybridized carbons (Fsp3) is 0. The van der Waals surface area contributed by atoms with Crippen LogP contribution in [0.2, 0.25) is 0 Å². The van der Waals surface area contributed by atoms with Crippen molar-refractivity contribution < 1.29 is 22.1 Å². The monoisotopic (exact) mass is 259 g/mol. The molecule has 4 nitrogen and oxygen atoms in total. The molecule has 1 heterocycles. The summed E-state index contributed by atoms with van der Waals surface area (Å²) in [7, 11) is -3.67. The molecule has 0 radical (unpaired) electrons. The summed E-state index contributed by atoms with van der Waals surface area (Å²) in [6.07, 6.45) is 3.00. The number of hydrogen-bond acceptors (Lipinski definition) is 3. The van der Waals surface area contributed by atoms with Gasteiger partial charge in [-0.2, -0.15) is 0 Å². The molecule has 0 aliphatic carbocycles. The fourth-order valence-electron chi connectivity index (χ4n) is 1.05. The number of nitrogens with zero attached hydrogens (tertiary/aromatic N) is 3. The minimum atomic E-state index is -3.67. The third kappa shape index (κ3) is 5.11. The van der Waals surface area contributed by atoms with E-state index in [4.69, 9.17) is 9.81 Å². The van der Waals surface area contributed by atoms with Crippen molar-refractivity contribution in [3.05, 3.63) is 41.8 Å². The fourth-order valence-corrected chi connectivity index (χ4v) is 1.05. The summed E-state index contributed by atoms with van der Waals surface area (Å²) in [5.74, 6) is 0.699. The Morgan fingerprint density at radius 1 is 1.17 bits per heavy atom. The Kier molecular flexibility index (Phi) is 6.81. The zero-order chi connectivity index (χ0) is 12.7. The largest absolute Gasteiger partial charge is 1.00 e. The molecule has 0 aliphatic heterocycles. The molecular formula is C9H6BF4N3O. The van der Waals surface area contributed by atoms with E-state index in [-0.39, 0.29) is 4.70 Å². The minimum Gasteiger partial charge on any atom is -1.00 e. The highest BCUT2D eigenvalue weighted by atomic mass is 19.4. The maximum absolute atomic E-state index is 9.67. The number of diazo groups is 1. The van der Waals surface area contributed by atoms with Crippen molar-refractivity contribution in [2.45, 2.75) is 0 Å². The smallest absolute Gasteiger partial charge is 0.762 e. The number of aromatic nitrogens is 1. The van der Waals surface area contributed by atoms with Gasteiger partial charge in [0.1, 0.15) is 0 Å². The molecule has 94 valence electrons. The van der Waals surface area contributed by atoms with Crippen LogP contribution in [-0.4, -0.2) is 12.5 Å². The number of benzene rings is 1. The van der Waals surface area contributed by atoms with Crippen LogP contribution in [0.1, 0.15) is 0 Å². The minimum absolute atomic E-state index is 0. The van der Waals surface area contributed by atoms with Crippen molar-refractivity contribution in [3.63, 3.8) is 0 Å². The van der Waals surface area contributed by atoms with E-state index < -0.39 is 7.54 Å². The number of rotatable bonds is 1. The van der Waals surface area contributed by atoms with Crippen molar-refractivity contribution in [1.29, 1.82) is 5.39 Å². The molecule has 0 atom stereocenters. The maximum atomic E-state index is 9.67. The number of hydrogen-bond donors (Lipinski definition) is 0. The van der Waals surface area contributed by atoms with Gasteiger partial charge in [0, 0.05) is 17.7 Å². The van der Waals surface area contributed by atoms with E-state index in [2.05, 4.69) is 9.96 Å². The summed E-state index contributed by atoms with van der Waals surface area (Å²) in [5.41, 5.74) is 1.42. The Balaban J connectivity index is 0.000000512. The highest BCUT2D eigenvalue weighted by Crippen LogP contribution is 2.21. The van der Waals surface area contributed by atoms with Crippen molar-refractivity contribution in [1.82, 2.24) is 4.98 Å². The highest BCUT2D eigenvalue weighted by Gasteiger charge is 2.06. The van der Waals surface area contributed by atoms with Crippen molar-refractivity contribution in [3.8, 4) is 11.3 Å². The molecule has 0 amide bonds. The summed E-state index contributed by atoms with van der Waals surface area (Å²) in [4.78, 5) is 6.85. The van der Waals surface area contributed by atoms with Crippen molar-refractivity contribution in [2.75, 3.05) is 0 Å². The lowest BCUT2D eigenvalue weighted by Crippen LogP contribution is -3.00. The summed E-state index contributed by atoms with van der Waals surface area (Å²) in [6, 6.07) is 6.99. The lowest BCUT2D eigenvalue weighted by atomic mass is 10.2. The van der Waals surface area contributed by atoms with Gasteiger partial charge in [-0.15, -0.1) is 0 Å². The Morgan fingerprint density at radius 2 is 1.72 bits per heavy atom. The van der Waals surface area contributed by atoms with E-state index in [0.717, 1.165) is 5.56 Å². The van der Waals surface area contributed by atoms with Gasteiger partial charge in [0.15, 0.2) is 17.1 Å². The molecule has 1 aromatic heterocycles. The normalized spacial score (nSPS) is 8.33. The molecule has 0 saturated heterocycles. The zero-order valence-electron chi connectivity index (χ0n) is 8.80. The van der Waals surface area contributed by atoms with Crippen LogP contribution in [0.25, 0.3) is 16.3 Å². The molecule has 0 fully saturated rings. The predicted molar refractivity (Wildman–Crippen MR) is 55.8 cm³/mol. The van der Waals surface area contributed by atoms with Crippen LogP contribution in [0.4, 0.5) is 18.6 Å². The highest BCUT2D eigenvalue weighted by molar-refractivity contribution is 6.33. The molecule has 0 bridgehead atoms. The average Bonchev–Trinajstić information content (AvgIpc) is 2.82.